The predicted octanol–water partition coefficient (Wildman–Crippen LogP) is 16.9. The van der Waals surface area contributed by atoms with E-state index in [2.05, 4.69) is 67.8 Å². The summed E-state index contributed by atoms with van der Waals surface area (Å²) in [5.74, 6) is -0.0682. The third kappa shape index (κ3) is 47.0. The van der Waals surface area contributed by atoms with Crippen molar-refractivity contribution in [2.45, 2.75) is 276 Å². The average molecular weight is 824 g/mol. The number of aliphatic hydroxyl groups is 2. The lowest BCUT2D eigenvalue weighted by Gasteiger charge is -2.20. The van der Waals surface area contributed by atoms with Crippen molar-refractivity contribution in [1.82, 2.24) is 5.32 Å². The van der Waals surface area contributed by atoms with E-state index >= 15 is 0 Å². The molecule has 0 aromatic heterocycles. The number of carbonyl (C=O) groups excluding carboxylic acids is 1. The van der Waals surface area contributed by atoms with Gasteiger partial charge in [-0.15, -0.1) is 0 Å². The molecule has 0 aromatic carbocycles. The maximum atomic E-state index is 12.4. The Labute approximate surface area is 368 Å². The van der Waals surface area contributed by atoms with Crippen LogP contribution in [0.25, 0.3) is 0 Å². The highest BCUT2D eigenvalue weighted by Gasteiger charge is 2.18. The molecule has 0 rings (SSSR count). The van der Waals surface area contributed by atoms with Crippen LogP contribution in [0.15, 0.2) is 60.8 Å². The van der Waals surface area contributed by atoms with Crippen LogP contribution in [0.5, 0.6) is 0 Å². The fourth-order valence-electron chi connectivity index (χ4n) is 7.82. The van der Waals surface area contributed by atoms with E-state index in [1.807, 2.05) is 6.08 Å². The predicted molar refractivity (Wildman–Crippen MR) is 262 cm³/mol. The first-order chi connectivity index (χ1) is 29.2. The van der Waals surface area contributed by atoms with Gasteiger partial charge in [0.15, 0.2) is 0 Å². The summed E-state index contributed by atoms with van der Waals surface area (Å²) in [5, 5.41) is 23.1. The van der Waals surface area contributed by atoms with Crippen LogP contribution in [0.4, 0.5) is 0 Å². The van der Waals surface area contributed by atoms with E-state index in [1.54, 1.807) is 6.08 Å². The molecular formula is C55H101NO3. The lowest BCUT2D eigenvalue weighted by molar-refractivity contribution is -0.123. The molecule has 0 aromatic rings. The zero-order valence-electron chi connectivity index (χ0n) is 39.5. The van der Waals surface area contributed by atoms with Crippen LogP contribution < -0.4 is 5.32 Å². The van der Waals surface area contributed by atoms with Gasteiger partial charge in [-0.25, -0.2) is 0 Å². The highest BCUT2D eigenvalue weighted by atomic mass is 16.3. The van der Waals surface area contributed by atoms with Gasteiger partial charge in [0.05, 0.1) is 18.8 Å². The monoisotopic (exact) mass is 824 g/mol. The number of unbranched alkanes of at least 4 members (excludes halogenated alkanes) is 32. The Morgan fingerprint density at radius 2 is 0.746 bits per heavy atom. The van der Waals surface area contributed by atoms with E-state index in [1.165, 1.54) is 193 Å². The van der Waals surface area contributed by atoms with Crippen molar-refractivity contribution in [3.8, 4) is 0 Å². The van der Waals surface area contributed by atoms with Gasteiger partial charge in [-0.1, -0.05) is 261 Å². The molecule has 0 bridgehead atoms. The molecule has 0 heterocycles. The van der Waals surface area contributed by atoms with Crippen molar-refractivity contribution in [3.05, 3.63) is 60.8 Å². The van der Waals surface area contributed by atoms with Gasteiger partial charge >= 0.3 is 0 Å². The van der Waals surface area contributed by atoms with Gasteiger partial charge in [0.25, 0.3) is 0 Å². The summed E-state index contributed by atoms with van der Waals surface area (Å²) in [5.41, 5.74) is 0. The summed E-state index contributed by atoms with van der Waals surface area (Å²) in [4.78, 5) is 12.4. The van der Waals surface area contributed by atoms with Gasteiger partial charge < -0.3 is 15.5 Å². The number of amides is 1. The Bertz CT molecular complexity index is 981. The number of hydrogen-bond donors (Lipinski definition) is 3. The SMILES string of the molecule is CC/C=C\C/C=C\C/C=C\C/C=C\CCCCCCCCCCCCC(=O)NC(CO)C(O)/C=C/CCCCCCCCCCCCCCCCCCCCCCCC. The molecule has 2 atom stereocenters. The fourth-order valence-corrected chi connectivity index (χ4v) is 7.82. The molecule has 0 aliphatic carbocycles. The molecule has 0 aliphatic rings. The molecule has 3 N–H and O–H groups in total. The van der Waals surface area contributed by atoms with E-state index in [-0.39, 0.29) is 12.5 Å². The first kappa shape index (κ1) is 57.1. The van der Waals surface area contributed by atoms with Gasteiger partial charge in [0, 0.05) is 6.42 Å². The van der Waals surface area contributed by atoms with Crippen molar-refractivity contribution in [2.75, 3.05) is 6.61 Å². The number of hydrogen-bond acceptors (Lipinski definition) is 3. The van der Waals surface area contributed by atoms with E-state index < -0.39 is 12.1 Å². The highest BCUT2D eigenvalue weighted by Crippen LogP contribution is 2.16. The summed E-state index contributed by atoms with van der Waals surface area (Å²) < 4.78 is 0. The van der Waals surface area contributed by atoms with Gasteiger partial charge in [0.2, 0.25) is 5.91 Å². The smallest absolute Gasteiger partial charge is 0.220 e. The van der Waals surface area contributed by atoms with Crippen LogP contribution in [0.3, 0.4) is 0 Å². The van der Waals surface area contributed by atoms with Gasteiger partial charge in [0.1, 0.15) is 0 Å². The summed E-state index contributed by atoms with van der Waals surface area (Å²) in [6.45, 7) is 4.21. The second-order valence-corrected chi connectivity index (χ2v) is 17.6. The standard InChI is InChI=1S/C55H101NO3/c1-3-5-7-9-11-13-15-17-19-21-23-25-27-29-30-32-34-36-38-40-42-44-46-48-50-54(58)53(52-57)56-55(59)51-49-47-45-43-41-39-37-35-33-31-28-26-24-22-20-18-16-14-12-10-8-6-4-2/h6,8,12,14,18,20,24,26,48,50,53-54,57-58H,3-5,7,9-11,13,15-17,19,21-23,25,27-47,49,51-52H2,1-2H3,(H,56,59)/b8-6-,14-12-,20-18-,26-24-,50-48+. The van der Waals surface area contributed by atoms with Crippen molar-refractivity contribution < 1.29 is 15.0 Å². The van der Waals surface area contributed by atoms with E-state index in [9.17, 15) is 15.0 Å². The Kier molecular flexibility index (Phi) is 48.8. The van der Waals surface area contributed by atoms with Gasteiger partial charge in [-0.05, 0) is 57.8 Å². The molecule has 4 heteroatoms. The zero-order valence-corrected chi connectivity index (χ0v) is 39.5. The van der Waals surface area contributed by atoms with Crippen LogP contribution in [0.2, 0.25) is 0 Å². The third-order valence-electron chi connectivity index (χ3n) is 11.8. The highest BCUT2D eigenvalue weighted by molar-refractivity contribution is 5.76. The maximum absolute atomic E-state index is 12.4. The number of carbonyl (C=O) groups is 1. The molecule has 2 unspecified atom stereocenters. The summed E-state index contributed by atoms with van der Waals surface area (Å²) in [6, 6.07) is -0.628. The zero-order chi connectivity index (χ0) is 42.8. The van der Waals surface area contributed by atoms with Crippen molar-refractivity contribution in [2.24, 2.45) is 0 Å². The summed E-state index contributed by atoms with van der Waals surface area (Å²) in [7, 11) is 0. The van der Waals surface area contributed by atoms with Crippen LogP contribution in [0, 0.1) is 0 Å². The van der Waals surface area contributed by atoms with Gasteiger partial charge in [-0.2, -0.15) is 0 Å². The van der Waals surface area contributed by atoms with E-state index in [4.69, 9.17) is 0 Å². The van der Waals surface area contributed by atoms with Crippen molar-refractivity contribution in [3.63, 3.8) is 0 Å². The molecule has 0 radical (unpaired) electrons. The lowest BCUT2D eigenvalue weighted by Crippen LogP contribution is -2.45. The van der Waals surface area contributed by atoms with Crippen LogP contribution in [-0.4, -0.2) is 34.9 Å². The molecule has 0 saturated heterocycles. The summed E-state index contributed by atoms with van der Waals surface area (Å²) in [6.07, 6.45) is 70.7. The van der Waals surface area contributed by atoms with E-state index in [0.717, 1.165) is 51.4 Å². The average Bonchev–Trinajstić information content (AvgIpc) is 3.24. The Hall–Kier alpha value is -1.91. The molecule has 0 saturated carbocycles. The molecule has 59 heavy (non-hydrogen) atoms. The molecule has 0 spiro atoms. The van der Waals surface area contributed by atoms with Gasteiger partial charge in [-0.3, -0.25) is 4.79 Å². The van der Waals surface area contributed by atoms with Crippen LogP contribution >= 0.6 is 0 Å². The minimum atomic E-state index is -0.844. The lowest BCUT2D eigenvalue weighted by atomic mass is 10.0. The quantitative estimate of drug-likeness (QED) is 0.0423. The number of rotatable bonds is 47. The van der Waals surface area contributed by atoms with Crippen LogP contribution in [0.1, 0.15) is 264 Å². The Balaban J connectivity index is 3.53. The molecule has 0 fully saturated rings. The minimum Gasteiger partial charge on any atom is -0.394 e. The third-order valence-corrected chi connectivity index (χ3v) is 11.8. The van der Waals surface area contributed by atoms with Crippen molar-refractivity contribution in [1.29, 1.82) is 0 Å². The molecule has 4 nitrogen and oxygen atoms in total. The molecule has 1 amide bonds. The number of allylic oxidation sites excluding steroid dienone is 9. The normalized spacial score (nSPS) is 13.4. The summed E-state index contributed by atoms with van der Waals surface area (Å²) >= 11 is 0. The Morgan fingerprint density at radius 3 is 1.12 bits per heavy atom. The van der Waals surface area contributed by atoms with Crippen molar-refractivity contribution >= 4 is 5.91 Å². The fraction of sp³-hybridized carbons (Fsp3) is 0.800. The minimum absolute atomic E-state index is 0.0682. The first-order valence-corrected chi connectivity index (χ1v) is 26.0. The number of aliphatic hydroxyl groups excluding tert-OH is 2. The first-order valence-electron chi connectivity index (χ1n) is 26.0. The molecular weight excluding hydrogens is 723 g/mol. The second kappa shape index (κ2) is 50.4. The second-order valence-electron chi connectivity index (χ2n) is 17.6. The number of nitrogens with one attached hydrogen (secondary N) is 1. The molecule has 0 aliphatic heterocycles. The largest absolute Gasteiger partial charge is 0.394 e. The Morgan fingerprint density at radius 1 is 0.424 bits per heavy atom. The molecule has 344 valence electrons. The van der Waals surface area contributed by atoms with Crippen LogP contribution in [-0.2, 0) is 4.79 Å². The maximum Gasteiger partial charge on any atom is 0.220 e. The topological polar surface area (TPSA) is 69.6 Å². The van der Waals surface area contributed by atoms with E-state index in [0.29, 0.717) is 6.42 Å².